The largest absolute Gasteiger partial charge is 0.444 e. The van der Waals surface area contributed by atoms with Crippen molar-refractivity contribution in [2.24, 2.45) is 0 Å². The Morgan fingerprint density at radius 2 is 2.19 bits per heavy atom. The zero-order valence-corrected chi connectivity index (χ0v) is 13.5. The van der Waals surface area contributed by atoms with Crippen LogP contribution in [0.1, 0.15) is 31.9 Å². The van der Waals surface area contributed by atoms with Crippen LogP contribution < -0.4 is 5.32 Å². The van der Waals surface area contributed by atoms with E-state index in [4.69, 9.17) is 4.74 Å². The summed E-state index contributed by atoms with van der Waals surface area (Å²) in [5.41, 5.74) is 2.06. The number of nitrogens with one attached hydrogen (secondary N) is 1. The highest BCUT2D eigenvalue weighted by Gasteiger charge is 2.30. The first-order valence-electron chi connectivity index (χ1n) is 7.61. The highest BCUT2D eigenvalue weighted by atomic mass is 16.6. The lowest BCUT2D eigenvalue weighted by Crippen LogP contribution is -2.55. The van der Waals surface area contributed by atoms with E-state index < -0.39 is 5.60 Å². The van der Waals surface area contributed by atoms with Gasteiger partial charge in [-0.05, 0) is 39.7 Å². The molecule has 1 N–H and O–H groups in total. The maximum atomic E-state index is 12.4. The van der Waals surface area contributed by atoms with Crippen LogP contribution in [0.2, 0.25) is 0 Å². The van der Waals surface area contributed by atoms with Crippen LogP contribution >= 0.6 is 0 Å². The molecule has 1 aliphatic rings. The number of carbonyl (C=O) groups excluding carboxylic acids is 1. The van der Waals surface area contributed by atoms with Crippen molar-refractivity contribution >= 4 is 6.09 Å². The molecular formula is C17H26N2O2. The number of piperazine rings is 1. The molecule has 4 nitrogen and oxygen atoms in total. The van der Waals surface area contributed by atoms with Crippen molar-refractivity contribution in [1.29, 1.82) is 0 Å². The molecule has 0 aliphatic carbocycles. The van der Waals surface area contributed by atoms with Crippen LogP contribution in [-0.2, 0) is 11.2 Å². The van der Waals surface area contributed by atoms with Gasteiger partial charge in [0.2, 0.25) is 0 Å². The Kier molecular flexibility index (Phi) is 4.88. The number of nitrogens with zero attached hydrogens (tertiary/aromatic N) is 1. The maximum Gasteiger partial charge on any atom is 0.410 e. The average Bonchev–Trinajstić information content (AvgIpc) is 2.37. The molecule has 1 aliphatic heterocycles. The molecule has 1 aromatic rings. The summed E-state index contributed by atoms with van der Waals surface area (Å²) >= 11 is 0. The predicted molar refractivity (Wildman–Crippen MR) is 84.5 cm³/mol. The van der Waals surface area contributed by atoms with Gasteiger partial charge in [0.15, 0.2) is 0 Å². The fraction of sp³-hybridized carbons (Fsp3) is 0.588. The van der Waals surface area contributed by atoms with Crippen LogP contribution in [-0.4, -0.2) is 42.3 Å². The predicted octanol–water partition coefficient (Wildman–Crippen LogP) is 2.75. The van der Waals surface area contributed by atoms with Crippen LogP contribution in [0.15, 0.2) is 24.3 Å². The van der Waals surface area contributed by atoms with Gasteiger partial charge in [0, 0.05) is 19.6 Å². The molecule has 2 rings (SSSR count). The molecule has 1 saturated heterocycles. The normalized spacial score (nSPS) is 19.4. The van der Waals surface area contributed by atoms with Gasteiger partial charge in [0.25, 0.3) is 0 Å². The molecule has 1 aromatic carbocycles. The smallest absolute Gasteiger partial charge is 0.410 e. The lowest BCUT2D eigenvalue weighted by Gasteiger charge is -2.37. The lowest BCUT2D eigenvalue weighted by molar-refractivity contribution is 0.0122. The molecule has 0 unspecified atom stereocenters. The number of amides is 1. The number of ether oxygens (including phenoxy) is 1. The zero-order chi connectivity index (χ0) is 15.5. The summed E-state index contributed by atoms with van der Waals surface area (Å²) < 4.78 is 5.53. The zero-order valence-electron chi connectivity index (χ0n) is 13.5. The van der Waals surface area contributed by atoms with Gasteiger partial charge in [-0.25, -0.2) is 4.79 Å². The first-order valence-corrected chi connectivity index (χ1v) is 7.61. The summed E-state index contributed by atoms with van der Waals surface area (Å²) in [5.74, 6) is 0. The van der Waals surface area contributed by atoms with E-state index in [1.54, 1.807) is 0 Å². The Morgan fingerprint density at radius 1 is 1.43 bits per heavy atom. The first-order chi connectivity index (χ1) is 9.85. The van der Waals surface area contributed by atoms with Crippen LogP contribution in [0.25, 0.3) is 0 Å². The third-order valence-corrected chi connectivity index (χ3v) is 3.53. The second kappa shape index (κ2) is 6.48. The van der Waals surface area contributed by atoms with Crippen molar-refractivity contribution < 1.29 is 9.53 Å². The van der Waals surface area contributed by atoms with E-state index in [-0.39, 0.29) is 12.1 Å². The van der Waals surface area contributed by atoms with Gasteiger partial charge >= 0.3 is 6.09 Å². The Balaban J connectivity index is 2.06. The number of hydrogen-bond acceptors (Lipinski definition) is 3. The van der Waals surface area contributed by atoms with Crippen LogP contribution in [0.5, 0.6) is 0 Å². The Labute approximate surface area is 127 Å². The van der Waals surface area contributed by atoms with Gasteiger partial charge < -0.3 is 15.0 Å². The molecule has 116 valence electrons. The highest BCUT2D eigenvalue weighted by Crippen LogP contribution is 2.16. The minimum absolute atomic E-state index is 0.149. The molecule has 0 bridgehead atoms. The van der Waals surface area contributed by atoms with E-state index in [1.165, 1.54) is 11.1 Å². The molecule has 1 heterocycles. The number of aryl methyl sites for hydroxylation is 1. The standard InChI is InChI=1S/C17H26N2O2/c1-13-6-5-7-14(10-13)11-15-12-18-8-9-19(15)16(20)21-17(2,3)4/h5-7,10,15,18H,8-9,11-12H2,1-4H3/t15-/m0/s1. The number of benzene rings is 1. The van der Waals surface area contributed by atoms with Gasteiger partial charge in [-0.2, -0.15) is 0 Å². The van der Waals surface area contributed by atoms with Crippen molar-refractivity contribution in [3.8, 4) is 0 Å². The highest BCUT2D eigenvalue weighted by molar-refractivity contribution is 5.68. The molecule has 0 radical (unpaired) electrons. The van der Waals surface area contributed by atoms with Crippen molar-refractivity contribution in [2.45, 2.75) is 45.8 Å². The van der Waals surface area contributed by atoms with E-state index in [0.29, 0.717) is 6.54 Å². The lowest BCUT2D eigenvalue weighted by atomic mass is 10.0. The van der Waals surface area contributed by atoms with Crippen molar-refractivity contribution in [1.82, 2.24) is 10.2 Å². The second-order valence-electron chi connectivity index (χ2n) is 6.72. The van der Waals surface area contributed by atoms with Gasteiger partial charge in [0.05, 0.1) is 6.04 Å². The van der Waals surface area contributed by atoms with Crippen molar-refractivity contribution in [3.63, 3.8) is 0 Å². The summed E-state index contributed by atoms with van der Waals surface area (Å²) in [6.45, 7) is 10.1. The van der Waals surface area contributed by atoms with Crippen molar-refractivity contribution in [2.75, 3.05) is 19.6 Å². The monoisotopic (exact) mass is 290 g/mol. The molecule has 4 heteroatoms. The van der Waals surface area contributed by atoms with Crippen LogP contribution in [0.3, 0.4) is 0 Å². The van der Waals surface area contributed by atoms with Gasteiger partial charge in [-0.1, -0.05) is 29.8 Å². The molecule has 21 heavy (non-hydrogen) atoms. The van der Waals surface area contributed by atoms with Crippen LogP contribution in [0, 0.1) is 6.92 Å². The number of carbonyl (C=O) groups is 1. The Hall–Kier alpha value is -1.55. The fourth-order valence-corrected chi connectivity index (χ4v) is 2.62. The van der Waals surface area contributed by atoms with E-state index in [1.807, 2.05) is 25.7 Å². The fourth-order valence-electron chi connectivity index (χ4n) is 2.62. The molecule has 1 fully saturated rings. The minimum Gasteiger partial charge on any atom is -0.444 e. The van der Waals surface area contributed by atoms with Crippen LogP contribution in [0.4, 0.5) is 4.79 Å². The Bertz CT molecular complexity index is 494. The third-order valence-electron chi connectivity index (χ3n) is 3.53. The van der Waals surface area contributed by atoms with Gasteiger partial charge in [0.1, 0.15) is 5.60 Å². The summed E-state index contributed by atoms with van der Waals surface area (Å²) in [7, 11) is 0. The molecule has 1 amide bonds. The molecule has 0 spiro atoms. The SMILES string of the molecule is Cc1cccc(C[C@H]2CNCCN2C(=O)OC(C)(C)C)c1. The summed E-state index contributed by atoms with van der Waals surface area (Å²) in [6, 6.07) is 8.61. The quantitative estimate of drug-likeness (QED) is 0.910. The number of rotatable bonds is 2. The molecule has 1 atom stereocenters. The summed E-state index contributed by atoms with van der Waals surface area (Å²) in [5, 5.41) is 3.37. The van der Waals surface area contributed by atoms with E-state index in [0.717, 1.165) is 19.5 Å². The minimum atomic E-state index is -0.449. The summed E-state index contributed by atoms with van der Waals surface area (Å²) in [6.07, 6.45) is 0.648. The van der Waals surface area contributed by atoms with Gasteiger partial charge in [-0.15, -0.1) is 0 Å². The number of hydrogen-bond donors (Lipinski definition) is 1. The molecule has 0 saturated carbocycles. The van der Waals surface area contributed by atoms with E-state index in [9.17, 15) is 4.79 Å². The topological polar surface area (TPSA) is 41.6 Å². The van der Waals surface area contributed by atoms with Crippen molar-refractivity contribution in [3.05, 3.63) is 35.4 Å². The first kappa shape index (κ1) is 15.8. The second-order valence-corrected chi connectivity index (χ2v) is 6.72. The summed E-state index contributed by atoms with van der Waals surface area (Å²) in [4.78, 5) is 14.2. The molecular weight excluding hydrogens is 264 g/mol. The Morgan fingerprint density at radius 3 is 2.86 bits per heavy atom. The van der Waals surface area contributed by atoms with Gasteiger partial charge in [-0.3, -0.25) is 0 Å². The molecule has 0 aromatic heterocycles. The average molecular weight is 290 g/mol. The third kappa shape index (κ3) is 4.74. The maximum absolute atomic E-state index is 12.4. The van der Waals surface area contributed by atoms with E-state index >= 15 is 0 Å². The van der Waals surface area contributed by atoms with E-state index in [2.05, 4.69) is 36.5 Å².